The van der Waals surface area contributed by atoms with Crippen LogP contribution in [-0.4, -0.2) is 20.5 Å². The van der Waals surface area contributed by atoms with Crippen LogP contribution in [0.3, 0.4) is 0 Å². The van der Waals surface area contributed by atoms with Crippen LogP contribution < -0.4 is 10.5 Å². The van der Waals surface area contributed by atoms with E-state index in [9.17, 15) is 12.8 Å². The molecule has 1 aliphatic rings. The Hall–Kier alpha value is -0.980. The molecule has 106 valence electrons. The van der Waals surface area contributed by atoms with Crippen molar-refractivity contribution in [3.8, 4) is 0 Å². The fourth-order valence-electron chi connectivity index (χ4n) is 2.39. The first-order chi connectivity index (χ1) is 8.90. The van der Waals surface area contributed by atoms with Gasteiger partial charge in [0.05, 0.1) is 0 Å². The number of nitrogens with one attached hydrogen (secondary N) is 1. The Morgan fingerprint density at radius 1 is 1.32 bits per heavy atom. The van der Waals surface area contributed by atoms with Gasteiger partial charge in [-0.1, -0.05) is 18.9 Å². The molecular formula is C13H19FN2O2S. The van der Waals surface area contributed by atoms with Crippen LogP contribution in [0.4, 0.5) is 4.39 Å². The van der Waals surface area contributed by atoms with Crippen molar-refractivity contribution in [2.45, 2.75) is 49.6 Å². The van der Waals surface area contributed by atoms with Crippen molar-refractivity contribution < 1.29 is 12.8 Å². The van der Waals surface area contributed by atoms with Gasteiger partial charge in [0, 0.05) is 12.1 Å². The van der Waals surface area contributed by atoms with E-state index < -0.39 is 15.8 Å². The summed E-state index contributed by atoms with van der Waals surface area (Å²) < 4.78 is 40.6. The molecule has 19 heavy (non-hydrogen) atoms. The highest BCUT2D eigenvalue weighted by atomic mass is 32.2. The molecule has 0 heterocycles. The SMILES string of the molecule is Cc1ccc(F)c(S(=O)(=O)N[C@@H]2CCCC[C@H]2N)c1. The van der Waals surface area contributed by atoms with Gasteiger partial charge < -0.3 is 5.73 Å². The number of sulfonamides is 1. The minimum Gasteiger partial charge on any atom is -0.326 e. The molecule has 0 aliphatic heterocycles. The van der Waals surface area contributed by atoms with Crippen LogP contribution in [0.5, 0.6) is 0 Å². The molecular weight excluding hydrogens is 267 g/mol. The van der Waals surface area contributed by atoms with Crippen molar-refractivity contribution in [1.82, 2.24) is 4.72 Å². The maximum Gasteiger partial charge on any atom is 0.243 e. The molecule has 1 fully saturated rings. The Kier molecular flexibility index (Phi) is 4.23. The zero-order valence-electron chi connectivity index (χ0n) is 10.9. The maximum absolute atomic E-state index is 13.7. The summed E-state index contributed by atoms with van der Waals surface area (Å²) in [7, 11) is -3.85. The van der Waals surface area contributed by atoms with Gasteiger partial charge in [0.25, 0.3) is 0 Å². The van der Waals surface area contributed by atoms with Crippen molar-refractivity contribution >= 4 is 10.0 Å². The average molecular weight is 286 g/mol. The Morgan fingerprint density at radius 3 is 2.68 bits per heavy atom. The number of benzene rings is 1. The van der Waals surface area contributed by atoms with Crippen LogP contribution in [0.2, 0.25) is 0 Å². The van der Waals surface area contributed by atoms with E-state index in [1.165, 1.54) is 12.1 Å². The van der Waals surface area contributed by atoms with Gasteiger partial charge in [-0.3, -0.25) is 0 Å². The topological polar surface area (TPSA) is 72.2 Å². The maximum atomic E-state index is 13.7. The minimum absolute atomic E-state index is 0.198. The minimum atomic E-state index is -3.85. The third kappa shape index (κ3) is 3.32. The summed E-state index contributed by atoms with van der Waals surface area (Å²) in [6, 6.07) is 3.55. The lowest BCUT2D eigenvalue weighted by Gasteiger charge is -2.29. The molecule has 1 aliphatic carbocycles. The van der Waals surface area contributed by atoms with Crippen LogP contribution in [0, 0.1) is 12.7 Å². The number of hydrogen-bond donors (Lipinski definition) is 2. The largest absolute Gasteiger partial charge is 0.326 e. The molecule has 1 aromatic carbocycles. The number of aryl methyl sites for hydroxylation is 1. The van der Waals surface area contributed by atoms with E-state index in [2.05, 4.69) is 4.72 Å². The number of rotatable bonds is 3. The van der Waals surface area contributed by atoms with Gasteiger partial charge in [-0.25, -0.2) is 17.5 Å². The highest BCUT2D eigenvalue weighted by molar-refractivity contribution is 7.89. The second kappa shape index (κ2) is 5.56. The summed E-state index contributed by atoms with van der Waals surface area (Å²) in [5, 5.41) is 0. The van der Waals surface area contributed by atoms with Crippen molar-refractivity contribution in [2.75, 3.05) is 0 Å². The molecule has 1 aromatic rings. The fraction of sp³-hybridized carbons (Fsp3) is 0.538. The third-order valence-corrected chi connectivity index (χ3v) is 5.01. The predicted octanol–water partition coefficient (Wildman–Crippen LogP) is 1.68. The van der Waals surface area contributed by atoms with Gasteiger partial charge in [0.1, 0.15) is 10.7 Å². The molecule has 0 spiro atoms. The van der Waals surface area contributed by atoms with Crippen LogP contribution in [0.1, 0.15) is 31.2 Å². The van der Waals surface area contributed by atoms with Crippen molar-refractivity contribution in [2.24, 2.45) is 5.73 Å². The number of hydrogen-bond acceptors (Lipinski definition) is 3. The summed E-state index contributed by atoms with van der Waals surface area (Å²) in [5.74, 6) is -0.734. The van der Waals surface area contributed by atoms with Crippen molar-refractivity contribution in [3.05, 3.63) is 29.6 Å². The van der Waals surface area contributed by atoms with E-state index in [-0.39, 0.29) is 17.0 Å². The molecule has 6 heteroatoms. The highest BCUT2D eigenvalue weighted by Gasteiger charge is 2.28. The summed E-state index contributed by atoms with van der Waals surface area (Å²) >= 11 is 0. The summed E-state index contributed by atoms with van der Waals surface area (Å²) in [6.07, 6.45) is 3.45. The molecule has 0 aromatic heterocycles. The van der Waals surface area contributed by atoms with Crippen LogP contribution in [-0.2, 0) is 10.0 Å². The smallest absolute Gasteiger partial charge is 0.243 e. The van der Waals surface area contributed by atoms with Gasteiger partial charge in [0.2, 0.25) is 10.0 Å². The summed E-state index contributed by atoms with van der Waals surface area (Å²) in [4.78, 5) is -0.301. The molecule has 0 unspecified atom stereocenters. The van der Waals surface area contributed by atoms with Crippen LogP contribution in [0.25, 0.3) is 0 Å². The van der Waals surface area contributed by atoms with Gasteiger partial charge in [-0.05, 0) is 37.5 Å². The molecule has 0 saturated heterocycles. The Morgan fingerprint density at radius 2 is 2.00 bits per heavy atom. The second-order valence-corrected chi connectivity index (χ2v) is 6.79. The van der Waals surface area contributed by atoms with E-state index in [1.807, 2.05) is 0 Å². The zero-order valence-corrected chi connectivity index (χ0v) is 11.7. The van der Waals surface area contributed by atoms with E-state index in [0.717, 1.165) is 19.3 Å². The van der Waals surface area contributed by atoms with Gasteiger partial charge in [0.15, 0.2) is 0 Å². The summed E-state index contributed by atoms with van der Waals surface area (Å²) in [6.45, 7) is 1.73. The van der Waals surface area contributed by atoms with Gasteiger partial charge in [-0.15, -0.1) is 0 Å². The molecule has 0 radical (unpaired) electrons. The van der Waals surface area contributed by atoms with Crippen LogP contribution >= 0.6 is 0 Å². The molecule has 4 nitrogen and oxygen atoms in total. The first-order valence-corrected chi connectivity index (χ1v) is 7.92. The quantitative estimate of drug-likeness (QED) is 0.888. The van der Waals surface area contributed by atoms with Crippen molar-refractivity contribution in [1.29, 1.82) is 0 Å². The monoisotopic (exact) mass is 286 g/mol. The van der Waals surface area contributed by atoms with Crippen LogP contribution in [0.15, 0.2) is 23.1 Å². The molecule has 0 amide bonds. The normalized spacial score (nSPS) is 24.4. The van der Waals surface area contributed by atoms with E-state index in [4.69, 9.17) is 5.73 Å². The third-order valence-electron chi connectivity index (χ3n) is 3.50. The van der Waals surface area contributed by atoms with Gasteiger partial charge >= 0.3 is 0 Å². The molecule has 3 N–H and O–H groups in total. The van der Waals surface area contributed by atoms with Crippen molar-refractivity contribution in [3.63, 3.8) is 0 Å². The Bertz CT molecular complexity index is 560. The zero-order chi connectivity index (χ0) is 14.0. The second-order valence-electron chi connectivity index (χ2n) is 5.11. The lowest BCUT2D eigenvalue weighted by Crippen LogP contribution is -2.49. The standard InChI is InChI=1S/C13H19FN2O2S/c1-9-6-7-10(14)13(8-9)19(17,18)16-12-5-3-2-4-11(12)15/h6-8,11-12,16H,2-5,15H2,1H3/t11-,12-/m1/s1. The first kappa shape index (κ1) is 14.4. The lowest BCUT2D eigenvalue weighted by molar-refractivity contribution is 0.360. The highest BCUT2D eigenvalue weighted by Crippen LogP contribution is 2.21. The summed E-state index contributed by atoms with van der Waals surface area (Å²) in [5.41, 5.74) is 6.61. The Balaban J connectivity index is 2.24. The molecule has 2 atom stereocenters. The molecule has 2 rings (SSSR count). The average Bonchev–Trinajstić information content (AvgIpc) is 2.35. The van der Waals surface area contributed by atoms with Gasteiger partial charge in [-0.2, -0.15) is 0 Å². The van der Waals surface area contributed by atoms with E-state index in [0.29, 0.717) is 12.0 Å². The number of halogens is 1. The lowest BCUT2D eigenvalue weighted by atomic mass is 9.92. The predicted molar refractivity (Wildman–Crippen MR) is 71.7 cm³/mol. The first-order valence-electron chi connectivity index (χ1n) is 6.44. The molecule has 1 saturated carbocycles. The van der Waals surface area contributed by atoms with E-state index in [1.54, 1.807) is 13.0 Å². The number of nitrogens with two attached hydrogens (primary N) is 1. The fourth-order valence-corrected chi connectivity index (χ4v) is 3.87. The van der Waals surface area contributed by atoms with E-state index >= 15 is 0 Å². The molecule has 0 bridgehead atoms. The Labute approximate surface area is 113 Å².